The van der Waals surface area contributed by atoms with Gasteiger partial charge in [-0.3, -0.25) is 4.90 Å². The number of hydrogen-bond acceptors (Lipinski definition) is 3. The molecule has 0 saturated carbocycles. The molecule has 0 N–H and O–H groups in total. The molecule has 2 aromatic carbocycles. The Morgan fingerprint density at radius 2 is 1.84 bits per heavy atom. The molecular weight excluding hydrogens is 310 g/mol. The zero-order valence-corrected chi connectivity index (χ0v) is 14.9. The first kappa shape index (κ1) is 17.3. The fraction of sp³-hybridized carbons (Fsp3) is 0.273. The van der Waals surface area contributed by atoms with Crippen LogP contribution in [0.3, 0.4) is 0 Å². The molecule has 0 spiro atoms. The van der Waals surface area contributed by atoms with E-state index in [-0.39, 0.29) is 6.04 Å². The largest absolute Gasteiger partial charge is 0.493 e. The maximum absolute atomic E-state index is 5.52. The number of rotatable bonds is 6. The van der Waals surface area contributed by atoms with Crippen LogP contribution >= 0.6 is 0 Å². The first-order valence-corrected chi connectivity index (χ1v) is 8.59. The second-order valence-electron chi connectivity index (χ2n) is 6.15. The van der Waals surface area contributed by atoms with Crippen LogP contribution in [0.2, 0.25) is 0 Å². The highest BCUT2D eigenvalue weighted by atomic mass is 16.5. The van der Waals surface area contributed by atoms with Crippen molar-refractivity contribution in [3.63, 3.8) is 0 Å². The lowest BCUT2D eigenvalue weighted by Gasteiger charge is -2.35. The van der Waals surface area contributed by atoms with Crippen LogP contribution < -0.4 is 9.47 Å². The number of benzene rings is 2. The van der Waals surface area contributed by atoms with E-state index in [1.807, 2.05) is 12.1 Å². The molecule has 3 nitrogen and oxygen atoms in total. The molecule has 130 valence electrons. The van der Waals surface area contributed by atoms with Gasteiger partial charge in [-0.2, -0.15) is 0 Å². The molecule has 0 saturated heterocycles. The molecule has 0 fully saturated rings. The molecule has 3 rings (SSSR count). The summed E-state index contributed by atoms with van der Waals surface area (Å²) in [4.78, 5) is 2.43. The molecule has 3 heteroatoms. The number of nitrogens with zero attached hydrogens (tertiary/aromatic N) is 1. The Kier molecular flexibility index (Phi) is 5.56. The summed E-state index contributed by atoms with van der Waals surface area (Å²) in [7, 11) is 3.37. The molecule has 0 aliphatic carbocycles. The maximum Gasteiger partial charge on any atom is 0.161 e. The van der Waals surface area contributed by atoms with Gasteiger partial charge in [-0.05, 0) is 35.2 Å². The highest BCUT2D eigenvalue weighted by molar-refractivity contribution is 5.54. The lowest BCUT2D eigenvalue weighted by atomic mass is 9.91. The minimum Gasteiger partial charge on any atom is -0.493 e. The summed E-state index contributed by atoms with van der Waals surface area (Å²) in [6, 6.07) is 14.8. The summed E-state index contributed by atoms with van der Waals surface area (Å²) >= 11 is 0. The van der Waals surface area contributed by atoms with E-state index in [0.29, 0.717) is 0 Å². The zero-order chi connectivity index (χ0) is 17.6. The van der Waals surface area contributed by atoms with E-state index in [1.165, 1.54) is 16.7 Å². The van der Waals surface area contributed by atoms with E-state index in [0.717, 1.165) is 31.0 Å². The fourth-order valence-electron chi connectivity index (χ4n) is 3.39. The van der Waals surface area contributed by atoms with Gasteiger partial charge in [0.25, 0.3) is 0 Å². The van der Waals surface area contributed by atoms with Crippen molar-refractivity contribution in [3.8, 4) is 11.5 Å². The van der Waals surface area contributed by atoms with Crippen molar-refractivity contribution in [3.05, 3.63) is 77.9 Å². The van der Waals surface area contributed by atoms with Crippen molar-refractivity contribution in [1.82, 2.24) is 4.90 Å². The fourth-order valence-corrected chi connectivity index (χ4v) is 3.39. The van der Waals surface area contributed by atoms with Crippen LogP contribution in [0.25, 0.3) is 6.08 Å². The van der Waals surface area contributed by atoms with E-state index >= 15 is 0 Å². The summed E-state index contributed by atoms with van der Waals surface area (Å²) < 4.78 is 11.0. The van der Waals surface area contributed by atoms with Crippen LogP contribution in [0.5, 0.6) is 11.5 Å². The predicted molar refractivity (Wildman–Crippen MR) is 103 cm³/mol. The number of fused-ring (bicyclic) bond motifs is 1. The lowest BCUT2D eigenvalue weighted by molar-refractivity contribution is 0.242. The van der Waals surface area contributed by atoms with Crippen LogP contribution in [-0.4, -0.2) is 32.2 Å². The Balaban J connectivity index is 2.00. The van der Waals surface area contributed by atoms with Gasteiger partial charge in [0.2, 0.25) is 0 Å². The van der Waals surface area contributed by atoms with Gasteiger partial charge in [0.05, 0.1) is 20.3 Å². The number of hydrogen-bond donors (Lipinski definition) is 0. The van der Waals surface area contributed by atoms with Gasteiger partial charge in [-0.25, -0.2) is 0 Å². The quantitative estimate of drug-likeness (QED) is 0.725. The van der Waals surface area contributed by atoms with Crippen LogP contribution in [0.1, 0.15) is 22.7 Å². The van der Waals surface area contributed by atoms with Gasteiger partial charge in [0, 0.05) is 13.1 Å². The maximum atomic E-state index is 5.52. The van der Waals surface area contributed by atoms with E-state index in [1.54, 1.807) is 14.2 Å². The predicted octanol–water partition coefficient (Wildman–Crippen LogP) is 4.50. The molecule has 0 bridgehead atoms. The minimum absolute atomic E-state index is 0.196. The van der Waals surface area contributed by atoms with Crippen molar-refractivity contribution >= 4 is 6.08 Å². The van der Waals surface area contributed by atoms with Crippen molar-refractivity contribution in [2.75, 3.05) is 27.3 Å². The normalized spacial score (nSPS) is 17.3. The van der Waals surface area contributed by atoms with Crippen molar-refractivity contribution in [2.24, 2.45) is 0 Å². The number of ether oxygens (including phenoxy) is 2. The molecule has 0 aromatic heterocycles. The topological polar surface area (TPSA) is 21.7 Å². The van der Waals surface area contributed by atoms with Crippen LogP contribution in [0, 0.1) is 0 Å². The van der Waals surface area contributed by atoms with Crippen LogP contribution in [0.15, 0.2) is 61.2 Å². The van der Waals surface area contributed by atoms with Crippen molar-refractivity contribution in [1.29, 1.82) is 0 Å². The van der Waals surface area contributed by atoms with E-state index in [2.05, 4.69) is 60.0 Å². The van der Waals surface area contributed by atoms with E-state index < -0.39 is 0 Å². The van der Waals surface area contributed by atoms with Gasteiger partial charge in [0.1, 0.15) is 0 Å². The monoisotopic (exact) mass is 335 g/mol. The van der Waals surface area contributed by atoms with Crippen LogP contribution in [0.4, 0.5) is 0 Å². The van der Waals surface area contributed by atoms with E-state index in [9.17, 15) is 0 Å². The lowest BCUT2D eigenvalue weighted by Crippen LogP contribution is -2.34. The summed E-state index contributed by atoms with van der Waals surface area (Å²) in [5.41, 5.74) is 3.80. The molecule has 1 unspecified atom stereocenters. The molecule has 1 aliphatic rings. The summed E-state index contributed by atoms with van der Waals surface area (Å²) in [5, 5.41) is 0. The standard InChI is InChI=1S/C22H25NO2/c1-4-13-23-14-12-18-15-21(24-2)22(25-3)16-19(18)20(23)11-10-17-8-6-5-7-9-17/h4-11,15-16,20H,1,12-14H2,2-3H3/b11-10+. The third-order valence-electron chi connectivity index (χ3n) is 4.66. The zero-order valence-electron chi connectivity index (χ0n) is 14.9. The Labute approximate surface area is 150 Å². The average Bonchev–Trinajstić information content (AvgIpc) is 2.66. The SMILES string of the molecule is C=CCN1CCc2cc(OC)c(OC)cc2C1/C=C/c1ccccc1. The summed E-state index contributed by atoms with van der Waals surface area (Å²) in [5.74, 6) is 1.57. The van der Waals surface area contributed by atoms with Gasteiger partial charge in [-0.1, -0.05) is 48.6 Å². The molecule has 1 heterocycles. The second kappa shape index (κ2) is 8.04. The minimum atomic E-state index is 0.196. The molecule has 1 atom stereocenters. The Hall–Kier alpha value is -2.52. The van der Waals surface area contributed by atoms with Gasteiger partial charge in [0.15, 0.2) is 11.5 Å². The molecular formula is C22H25NO2. The molecule has 0 radical (unpaired) electrons. The first-order valence-electron chi connectivity index (χ1n) is 8.59. The van der Waals surface area contributed by atoms with Gasteiger partial charge < -0.3 is 9.47 Å². The first-order chi connectivity index (χ1) is 12.3. The third kappa shape index (κ3) is 3.77. The van der Waals surface area contributed by atoms with Gasteiger partial charge in [-0.15, -0.1) is 6.58 Å². The highest BCUT2D eigenvalue weighted by Gasteiger charge is 2.26. The number of methoxy groups -OCH3 is 2. The van der Waals surface area contributed by atoms with E-state index in [4.69, 9.17) is 9.47 Å². The van der Waals surface area contributed by atoms with Crippen LogP contribution in [-0.2, 0) is 6.42 Å². The Morgan fingerprint density at radius 3 is 2.52 bits per heavy atom. The average molecular weight is 335 g/mol. The van der Waals surface area contributed by atoms with Gasteiger partial charge >= 0.3 is 0 Å². The highest BCUT2D eigenvalue weighted by Crippen LogP contribution is 2.38. The summed E-state index contributed by atoms with van der Waals surface area (Å²) in [6.07, 6.45) is 7.42. The summed E-state index contributed by atoms with van der Waals surface area (Å²) in [6.45, 7) is 5.77. The molecule has 25 heavy (non-hydrogen) atoms. The van der Waals surface area contributed by atoms with Crippen molar-refractivity contribution < 1.29 is 9.47 Å². The molecule has 1 aliphatic heterocycles. The van der Waals surface area contributed by atoms with Crippen molar-refractivity contribution in [2.45, 2.75) is 12.5 Å². The Bertz CT molecular complexity index is 752. The second-order valence-corrected chi connectivity index (χ2v) is 6.15. The smallest absolute Gasteiger partial charge is 0.161 e. The molecule has 2 aromatic rings. The Morgan fingerprint density at radius 1 is 1.12 bits per heavy atom. The molecule has 0 amide bonds. The third-order valence-corrected chi connectivity index (χ3v) is 4.66.